The zero-order chi connectivity index (χ0) is 20.2. The molecular weight excluding hydrogens is 356 g/mol. The Kier molecular flexibility index (Phi) is 10.4. The number of amides is 2. The largest absolute Gasteiger partial charge is 0.466 e. The van der Waals surface area contributed by atoms with E-state index in [0.717, 1.165) is 38.5 Å². The van der Waals surface area contributed by atoms with Crippen LogP contribution in [0.3, 0.4) is 0 Å². The van der Waals surface area contributed by atoms with Crippen molar-refractivity contribution in [1.29, 1.82) is 0 Å². The van der Waals surface area contributed by atoms with E-state index < -0.39 is 6.04 Å². The Balaban J connectivity index is 1.66. The summed E-state index contributed by atoms with van der Waals surface area (Å²) in [5, 5.41) is 2.78. The van der Waals surface area contributed by atoms with E-state index in [9.17, 15) is 14.4 Å². The van der Waals surface area contributed by atoms with Crippen molar-refractivity contribution < 1.29 is 19.1 Å². The maximum Gasteiger partial charge on any atom is 0.308 e. The molecule has 0 aromatic heterocycles. The van der Waals surface area contributed by atoms with Crippen LogP contribution in [0.1, 0.15) is 90.4 Å². The van der Waals surface area contributed by atoms with Gasteiger partial charge in [0.15, 0.2) is 0 Å². The van der Waals surface area contributed by atoms with Crippen molar-refractivity contribution in [3.05, 3.63) is 0 Å². The van der Waals surface area contributed by atoms with Crippen molar-refractivity contribution in [2.45, 2.75) is 96.4 Å². The Bertz CT molecular complexity index is 503. The first kappa shape index (κ1) is 22.7. The van der Waals surface area contributed by atoms with Gasteiger partial charge in [-0.05, 0) is 19.3 Å². The van der Waals surface area contributed by atoms with Gasteiger partial charge in [0.25, 0.3) is 0 Å². The van der Waals surface area contributed by atoms with Crippen LogP contribution < -0.4 is 5.32 Å². The summed E-state index contributed by atoms with van der Waals surface area (Å²) < 4.78 is 5.33. The van der Waals surface area contributed by atoms with E-state index >= 15 is 0 Å². The molecule has 0 aromatic carbocycles. The summed E-state index contributed by atoms with van der Waals surface area (Å²) in [6, 6.07) is -0.715. The minimum absolute atomic E-state index is 0.0155. The van der Waals surface area contributed by atoms with Gasteiger partial charge in [-0.2, -0.15) is 0 Å². The minimum atomic E-state index is -0.715. The molecule has 6 heteroatoms. The van der Waals surface area contributed by atoms with Gasteiger partial charge in [0.2, 0.25) is 11.8 Å². The lowest BCUT2D eigenvalue weighted by molar-refractivity contribution is -0.153. The maximum atomic E-state index is 12.8. The summed E-state index contributed by atoms with van der Waals surface area (Å²) in [5.41, 5.74) is 0. The van der Waals surface area contributed by atoms with E-state index in [0.29, 0.717) is 19.7 Å². The Labute approximate surface area is 169 Å². The van der Waals surface area contributed by atoms with Crippen molar-refractivity contribution in [2.75, 3.05) is 19.7 Å². The normalized spacial score (nSPS) is 20.2. The van der Waals surface area contributed by atoms with E-state index in [-0.39, 0.29) is 30.1 Å². The Morgan fingerprint density at radius 1 is 1.04 bits per heavy atom. The van der Waals surface area contributed by atoms with Gasteiger partial charge in [0.05, 0.1) is 13.0 Å². The molecule has 1 atom stereocenters. The van der Waals surface area contributed by atoms with Gasteiger partial charge in [-0.15, -0.1) is 0 Å². The van der Waals surface area contributed by atoms with Crippen LogP contribution in [0.2, 0.25) is 0 Å². The van der Waals surface area contributed by atoms with Crippen LogP contribution in [-0.4, -0.2) is 48.4 Å². The maximum absolute atomic E-state index is 12.8. The van der Waals surface area contributed by atoms with E-state index in [2.05, 4.69) is 12.2 Å². The number of ether oxygens (including phenoxy) is 1. The van der Waals surface area contributed by atoms with Crippen molar-refractivity contribution in [1.82, 2.24) is 10.2 Å². The number of nitrogens with one attached hydrogen (secondary N) is 1. The molecule has 1 saturated heterocycles. The van der Waals surface area contributed by atoms with Crippen LogP contribution in [-0.2, 0) is 19.1 Å². The van der Waals surface area contributed by atoms with E-state index in [1.807, 2.05) is 0 Å². The smallest absolute Gasteiger partial charge is 0.308 e. The highest BCUT2D eigenvalue weighted by Crippen LogP contribution is 2.28. The number of piperazine rings is 1. The van der Waals surface area contributed by atoms with Gasteiger partial charge in [-0.25, -0.2) is 0 Å². The molecule has 1 unspecified atom stereocenters. The van der Waals surface area contributed by atoms with Gasteiger partial charge in [-0.1, -0.05) is 64.7 Å². The monoisotopic (exact) mass is 394 g/mol. The summed E-state index contributed by atoms with van der Waals surface area (Å²) in [6.07, 6.45) is 13.4. The van der Waals surface area contributed by atoms with Gasteiger partial charge in [0, 0.05) is 19.0 Å². The number of rotatable bonds is 12. The second kappa shape index (κ2) is 12.8. The third kappa shape index (κ3) is 7.44. The number of carbonyl (C=O) groups excluding carboxylic acids is 3. The summed E-state index contributed by atoms with van der Waals surface area (Å²) in [5.74, 6) is -0.564. The SMILES string of the molecule is CCCCCCCCCCOC(=O)CC1C(=O)NCCN1C(=O)C1CCCC1. The first-order valence-electron chi connectivity index (χ1n) is 11.4. The fourth-order valence-electron chi connectivity index (χ4n) is 4.23. The number of hydrogen-bond donors (Lipinski definition) is 1. The quantitative estimate of drug-likeness (QED) is 0.405. The number of esters is 1. The molecule has 0 bridgehead atoms. The summed E-state index contributed by atoms with van der Waals surface area (Å²) >= 11 is 0. The number of unbranched alkanes of at least 4 members (excludes halogenated alkanes) is 7. The zero-order valence-corrected chi connectivity index (χ0v) is 17.5. The fraction of sp³-hybridized carbons (Fsp3) is 0.864. The van der Waals surface area contributed by atoms with Gasteiger partial charge in [0.1, 0.15) is 6.04 Å². The van der Waals surface area contributed by atoms with Crippen molar-refractivity contribution in [3.63, 3.8) is 0 Å². The molecule has 160 valence electrons. The van der Waals surface area contributed by atoms with Crippen molar-refractivity contribution >= 4 is 17.8 Å². The second-order valence-electron chi connectivity index (χ2n) is 8.22. The average molecular weight is 395 g/mol. The highest BCUT2D eigenvalue weighted by Gasteiger charge is 2.38. The molecule has 1 aliphatic carbocycles. The second-order valence-corrected chi connectivity index (χ2v) is 8.22. The fourth-order valence-corrected chi connectivity index (χ4v) is 4.23. The zero-order valence-electron chi connectivity index (χ0n) is 17.5. The van der Waals surface area contributed by atoms with Crippen LogP contribution in [0, 0.1) is 5.92 Å². The van der Waals surface area contributed by atoms with Crippen molar-refractivity contribution in [3.8, 4) is 0 Å². The first-order chi connectivity index (χ1) is 13.6. The van der Waals surface area contributed by atoms with Crippen LogP contribution in [0.4, 0.5) is 0 Å². The molecule has 2 fully saturated rings. The van der Waals surface area contributed by atoms with Crippen LogP contribution in [0.5, 0.6) is 0 Å². The molecule has 28 heavy (non-hydrogen) atoms. The molecule has 2 rings (SSSR count). The third-order valence-corrected chi connectivity index (χ3v) is 5.94. The number of nitrogens with zero attached hydrogens (tertiary/aromatic N) is 1. The van der Waals surface area contributed by atoms with E-state index in [4.69, 9.17) is 4.74 Å². The van der Waals surface area contributed by atoms with Crippen molar-refractivity contribution in [2.24, 2.45) is 5.92 Å². The molecule has 2 aliphatic rings. The Morgan fingerprint density at radius 2 is 1.68 bits per heavy atom. The van der Waals surface area contributed by atoms with Gasteiger partial charge >= 0.3 is 5.97 Å². The molecule has 2 amide bonds. The molecule has 0 aromatic rings. The first-order valence-corrected chi connectivity index (χ1v) is 11.4. The summed E-state index contributed by atoms with van der Waals surface area (Å²) in [4.78, 5) is 38.9. The Morgan fingerprint density at radius 3 is 2.36 bits per heavy atom. The molecule has 1 heterocycles. The molecule has 6 nitrogen and oxygen atoms in total. The highest BCUT2D eigenvalue weighted by atomic mass is 16.5. The van der Waals surface area contributed by atoms with Gasteiger partial charge < -0.3 is 15.0 Å². The predicted octanol–water partition coefficient (Wildman–Crippen LogP) is 3.58. The van der Waals surface area contributed by atoms with Gasteiger partial charge in [-0.3, -0.25) is 14.4 Å². The third-order valence-electron chi connectivity index (χ3n) is 5.94. The molecule has 0 spiro atoms. The summed E-state index contributed by atoms with van der Waals surface area (Å²) in [7, 11) is 0. The highest BCUT2D eigenvalue weighted by molar-refractivity contribution is 5.92. The molecule has 1 aliphatic heterocycles. The Hall–Kier alpha value is -1.59. The molecule has 1 N–H and O–H groups in total. The lowest BCUT2D eigenvalue weighted by Crippen LogP contribution is -2.58. The summed E-state index contributed by atoms with van der Waals surface area (Å²) in [6.45, 7) is 3.56. The molecule has 0 radical (unpaired) electrons. The van der Waals surface area contributed by atoms with Crippen LogP contribution in [0.15, 0.2) is 0 Å². The minimum Gasteiger partial charge on any atom is -0.466 e. The lowest BCUT2D eigenvalue weighted by atomic mass is 10.0. The molecular formula is C22H38N2O4. The lowest BCUT2D eigenvalue weighted by Gasteiger charge is -2.36. The number of carbonyl (C=O) groups is 3. The van der Waals surface area contributed by atoms with E-state index in [1.54, 1.807) is 4.90 Å². The standard InChI is InChI=1S/C22H38N2O4/c1-2-3-4-5-6-7-8-11-16-28-20(25)17-19-21(26)23-14-15-24(19)22(27)18-12-9-10-13-18/h18-19H,2-17H2,1H3,(H,23,26). The number of hydrogen-bond acceptors (Lipinski definition) is 4. The molecule has 1 saturated carbocycles. The average Bonchev–Trinajstić information content (AvgIpc) is 3.22. The predicted molar refractivity (Wildman–Crippen MR) is 109 cm³/mol. The van der Waals surface area contributed by atoms with Crippen LogP contribution >= 0.6 is 0 Å². The topological polar surface area (TPSA) is 75.7 Å². The van der Waals surface area contributed by atoms with Crippen LogP contribution in [0.25, 0.3) is 0 Å². The van der Waals surface area contributed by atoms with E-state index in [1.165, 1.54) is 38.5 Å².